The molecule has 0 unspecified atom stereocenters. The van der Waals surface area contributed by atoms with Crippen molar-refractivity contribution in [2.24, 2.45) is 0 Å². The van der Waals surface area contributed by atoms with E-state index < -0.39 is 17.5 Å². The molecule has 2 aromatic carbocycles. The molecule has 0 fully saturated rings. The lowest BCUT2D eigenvalue weighted by molar-refractivity contribution is 0.102. The molecule has 0 aromatic heterocycles. The lowest BCUT2D eigenvalue weighted by atomic mass is 10.1. The van der Waals surface area contributed by atoms with Crippen LogP contribution in [0.5, 0.6) is 0 Å². The van der Waals surface area contributed by atoms with Gasteiger partial charge in [0.05, 0.1) is 22.9 Å². The van der Waals surface area contributed by atoms with Crippen molar-refractivity contribution < 1.29 is 13.6 Å². The zero-order valence-electron chi connectivity index (χ0n) is 9.95. The van der Waals surface area contributed by atoms with Gasteiger partial charge < -0.3 is 5.32 Å². The minimum atomic E-state index is -0.771. The Kier molecular flexibility index (Phi) is 4.11. The van der Waals surface area contributed by atoms with Crippen molar-refractivity contribution in [2.75, 3.05) is 5.32 Å². The second-order valence-electron chi connectivity index (χ2n) is 3.88. The Labute approximate surface area is 122 Å². The molecule has 0 heterocycles. The van der Waals surface area contributed by atoms with Crippen molar-refractivity contribution in [1.82, 2.24) is 0 Å². The number of benzene rings is 2. The van der Waals surface area contributed by atoms with Gasteiger partial charge in [0.1, 0.15) is 11.6 Å². The predicted octanol–water partition coefficient (Wildman–Crippen LogP) is 3.85. The molecule has 20 heavy (non-hydrogen) atoms. The lowest BCUT2D eigenvalue weighted by Gasteiger charge is -2.07. The standard InChI is InChI=1S/C14H7BrF2N2O/c15-9-2-3-11(16)10(6-9)14(20)19-13-4-1-8(7-18)5-12(13)17/h1-6H,(H,19,20). The minimum absolute atomic E-state index is 0.117. The normalized spacial score (nSPS) is 9.90. The molecule has 0 atom stereocenters. The quantitative estimate of drug-likeness (QED) is 0.905. The molecular weight excluding hydrogens is 330 g/mol. The molecule has 2 rings (SSSR count). The first kappa shape index (κ1) is 14.2. The molecule has 0 radical (unpaired) electrons. The van der Waals surface area contributed by atoms with Gasteiger partial charge in [0.15, 0.2) is 0 Å². The monoisotopic (exact) mass is 336 g/mol. The van der Waals surface area contributed by atoms with E-state index >= 15 is 0 Å². The SMILES string of the molecule is N#Cc1ccc(NC(=O)c2cc(Br)ccc2F)c(F)c1. The van der Waals surface area contributed by atoms with Crippen LogP contribution in [0.4, 0.5) is 14.5 Å². The molecule has 0 aliphatic carbocycles. The fourth-order valence-corrected chi connectivity index (χ4v) is 1.91. The highest BCUT2D eigenvalue weighted by Gasteiger charge is 2.14. The Bertz CT molecular complexity index is 726. The maximum Gasteiger partial charge on any atom is 0.258 e. The summed E-state index contributed by atoms with van der Waals surface area (Å²) in [7, 11) is 0. The highest BCUT2D eigenvalue weighted by Crippen LogP contribution is 2.19. The Morgan fingerprint density at radius 1 is 1.15 bits per heavy atom. The van der Waals surface area contributed by atoms with E-state index in [9.17, 15) is 13.6 Å². The summed E-state index contributed by atoms with van der Waals surface area (Å²) in [5.41, 5.74) is -0.189. The lowest BCUT2D eigenvalue weighted by Crippen LogP contribution is -2.14. The molecule has 100 valence electrons. The van der Waals surface area contributed by atoms with Gasteiger partial charge in [-0.2, -0.15) is 5.26 Å². The Hall–Kier alpha value is -2.26. The van der Waals surface area contributed by atoms with Crippen LogP contribution in [-0.2, 0) is 0 Å². The van der Waals surface area contributed by atoms with Crippen molar-refractivity contribution in [2.45, 2.75) is 0 Å². The topological polar surface area (TPSA) is 52.9 Å². The second-order valence-corrected chi connectivity index (χ2v) is 4.80. The summed E-state index contributed by atoms with van der Waals surface area (Å²) in [6, 6.07) is 9.26. The number of halogens is 3. The number of hydrogen-bond donors (Lipinski definition) is 1. The van der Waals surface area contributed by atoms with Gasteiger partial charge in [0.25, 0.3) is 5.91 Å². The van der Waals surface area contributed by atoms with Crippen LogP contribution in [0.15, 0.2) is 40.9 Å². The average Bonchev–Trinajstić information content (AvgIpc) is 2.43. The number of carbonyl (C=O) groups is 1. The molecule has 0 saturated carbocycles. The summed E-state index contributed by atoms with van der Waals surface area (Å²) < 4.78 is 27.7. The zero-order valence-corrected chi connectivity index (χ0v) is 11.5. The van der Waals surface area contributed by atoms with Crippen LogP contribution in [0.2, 0.25) is 0 Å². The molecule has 0 spiro atoms. The minimum Gasteiger partial charge on any atom is -0.319 e. The van der Waals surface area contributed by atoms with Gasteiger partial charge in [-0.3, -0.25) is 4.79 Å². The van der Waals surface area contributed by atoms with Crippen LogP contribution < -0.4 is 5.32 Å². The van der Waals surface area contributed by atoms with Crippen LogP contribution in [0.3, 0.4) is 0 Å². The van der Waals surface area contributed by atoms with E-state index in [4.69, 9.17) is 5.26 Å². The van der Waals surface area contributed by atoms with Gasteiger partial charge in [-0.15, -0.1) is 0 Å². The summed E-state index contributed by atoms with van der Waals surface area (Å²) >= 11 is 3.13. The average molecular weight is 337 g/mol. The van der Waals surface area contributed by atoms with E-state index in [2.05, 4.69) is 21.2 Å². The number of carbonyl (C=O) groups excluding carboxylic acids is 1. The summed E-state index contributed by atoms with van der Waals surface area (Å²) in [4.78, 5) is 11.9. The van der Waals surface area contributed by atoms with Crippen LogP contribution in [-0.4, -0.2) is 5.91 Å². The summed E-state index contributed by atoms with van der Waals surface area (Å²) in [5, 5.41) is 10.9. The second kappa shape index (κ2) is 5.80. The maximum absolute atomic E-state index is 13.6. The largest absolute Gasteiger partial charge is 0.319 e. The molecule has 6 heteroatoms. The zero-order chi connectivity index (χ0) is 14.7. The van der Waals surface area contributed by atoms with Crippen LogP contribution in [0, 0.1) is 23.0 Å². The highest BCUT2D eigenvalue weighted by atomic mass is 79.9. The number of nitrogens with one attached hydrogen (secondary N) is 1. The number of nitrogens with zero attached hydrogens (tertiary/aromatic N) is 1. The van der Waals surface area contributed by atoms with Gasteiger partial charge in [0, 0.05) is 4.47 Å². The van der Waals surface area contributed by atoms with Gasteiger partial charge in [-0.25, -0.2) is 8.78 Å². The number of anilines is 1. The van der Waals surface area contributed by atoms with Crippen LogP contribution in [0.1, 0.15) is 15.9 Å². The smallest absolute Gasteiger partial charge is 0.258 e. The van der Waals surface area contributed by atoms with Gasteiger partial charge >= 0.3 is 0 Å². The van der Waals surface area contributed by atoms with E-state index in [-0.39, 0.29) is 16.8 Å². The predicted molar refractivity (Wildman–Crippen MR) is 73.2 cm³/mol. The van der Waals surface area contributed by atoms with Crippen LogP contribution >= 0.6 is 15.9 Å². The van der Waals surface area contributed by atoms with E-state index in [1.54, 1.807) is 6.07 Å². The summed E-state index contributed by atoms with van der Waals surface area (Å²) in [6.07, 6.45) is 0. The first-order valence-corrected chi connectivity index (χ1v) is 6.26. The molecule has 1 N–H and O–H groups in total. The van der Waals surface area contributed by atoms with E-state index in [1.807, 2.05) is 0 Å². The summed E-state index contributed by atoms with van der Waals surface area (Å²) in [5.74, 6) is -2.24. The number of hydrogen-bond acceptors (Lipinski definition) is 2. The fraction of sp³-hybridized carbons (Fsp3) is 0. The molecule has 0 bridgehead atoms. The molecule has 0 aliphatic heterocycles. The third-order valence-electron chi connectivity index (χ3n) is 2.52. The first-order valence-electron chi connectivity index (χ1n) is 5.47. The van der Waals surface area contributed by atoms with Crippen molar-refractivity contribution >= 4 is 27.5 Å². The third kappa shape index (κ3) is 3.00. The maximum atomic E-state index is 13.6. The fourth-order valence-electron chi connectivity index (χ4n) is 1.55. The Morgan fingerprint density at radius 2 is 1.90 bits per heavy atom. The van der Waals surface area contributed by atoms with Crippen molar-refractivity contribution in [3.63, 3.8) is 0 Å². The number of nitriles is 1. The number of amides is 1. The Balaban J connectivity index is 2.28. The van der Waals surface area contributed by atoms with Gasteiger partial charge in [-0.1, -0.05) is 15.9 Å². The van der Waals surface area contributed by atoms with E-state index in [0.717, 1.165) is 12.1 Å². The third-order valence-corrected chi connectivity index (χ3v) is 3.01. The van der Waals surface area contributed by atoms with Crippen LogP contribution in [0.25, 0.3) is 0 Å². The van der Waals surface area contributed by atoms with Gasteiger partial charge in [-0.05, 0) is 36.4 Å². The molecule has 1 amide bonds. The summed E-state index contributed by atoms with van der Waals surface area (Å²) in [6.45, 7) is 0. The molecule has 3 nitrogen and oxygen atoms in total. The highest BCUT2D eigenvalue weighted by molar-refractivity contribution is 9.10. The van der Waals surface area contributed by atoms with Crippen molar-refractivity contribution in [1.29, 1.82) is 5.26 Å². The molecule has 0 aliphatic rings. The van der Waals surface area contributed by atoms with Gasteiger partial charge in [0.2, 0.25) is 0 Å². The van der Waals surface area contributed by atoms with Crippen molar-refractivity contribution in [3.05, 3.63) is 63.6 Å². The Morgan fingerprint density at radius 3 is 2.55 bits per heavy atom. The molecule has 2 aromatic rings. The van der Waals surface area contributed by atoms with E-state index in [0.29, 0.717) is 4.47 Å². The molecule has 0 saturated heterocycles. The molecular formula is C14H7BrF2N2O. The van der Waals surface area contributed by atoms with Crippen molar-refractivity contribution in [3.8, 4) is 6.07 Å². The number of rotatable bonds is 2. The first-order chi connectivity index (χ1) is 9.51. The van der Waals surface area contributed by atoms with E-state index in [1.165, 1.54) is 24.3 Å².